The molecule has 0 aliphatic heterocycles. The molecule has 0 aliphatic carbocycles. The number of ether oxygens (including phenoxy) is 1. The molecule has 0 atom stereocenters. The fourth-order valence-corrected chi connectivity index (χ4v) is 2.04. The summed E-state index contributed by atoms with van der Waals surface area (Å²) < 4.78 is 5.20. The molecule has 0 aliphatic rings. The molecule has 2 heterocycles. The van der Waals surface area contributed by atoms with Crippen LogP contribution in [0.1, 0.15) is 10.7 Å². The Morgan fingerprint density at radius 3 is 3.06 bits per heavy atom. The maximum atomic E-state index is 5.20. The van der Waals surface area contributed by atoms with Crippen molar-refractivity contribution in [2.24, 2.45) is 0 Å². The highest BCUT2D eigenvalue weighted by atomic mass is 32.1. The monoisotopic (exact) mass is 235 g/mol. The van der Waals surface area contributed by atoms with E-state index in [2.05, 4.69) is 15.3 Å². The third-order valence-corrected chi connectivity index (χ3v) is 3.03. The van der Waals surface area contributed by atoms with Gasteiger partial charge in [0.15, 0.2) is 11.6 Å². The highest BCUT2D eigenvalue weighted by Crippen LogP contribution is 2.21. The lowest BCUT2D eigenvalue weighted by molar-refractivity contribution is 0.415. The summed E-state index contributed by atoms with van der Waals surface area (Å²) in [6, 6.07) is 3.72. The summed E-state index contributed by atoms with van der Waals surface area (Å²) in [5, 5.41) is 6.29. The van der Waals surface area contributed by atoms with E-state index >= 15 is 0 Å². The fraction of sp³-hybridized carbons (Fsp3) is 0.273. The molecular weight excluding hydrogens is 222 g/mol. The maximum Gasteiger partial charge on any atom is 0.169 e. The standard InChI is InChI=1S/C11H13N3OS/c1-8-7-16-10(14-8)6-13-11-9(15-2)4-3-5-12-11/h3-5,7H,6H2,1-2H3,(H,12,13). The van der Waals surface area contributed by atoms with E-state index in [4.69, 9.17) is 4.74 Å². The lowest BCUT2D eigenvalue weighted by Gasteiger charge is -2.07. The Bertz CT molecular complexity index is 470. The molecule has 0 saturated heterocycles. The van der Waals surface area contributed by atoms with Gasteiger partial charge in [0, 0.05) is 17.3 Å². The number of aryl methyl sites for hydroxylation is 1. The molecule has 0 radical (unpaired) electrons. The predicted molar refractivity (Wildman–Crippen MR) is 65.0 cm³/mol. The second kappa shape index (κ2) is 4.94. The zero-order valence-electron chi connectivity index (χ0n) is 9.23. The number of thiazole rings is 1. The Hall–Kier alpha value is -1.62. The Morgan fingerprint density at radius 2 is 2.38 bits per heavy atom. The molecule has 0 aromatic carbocycles. The highest BCUT2D eigenvalue weighted by Gasteiger charge is 2.04. The summed E-state index contributed by atoms with van der Waals surface area (Å²) in [7, 11) is 1.63. The van der Waals surface area contributed by atoms with Gasteiger partial charge in [0.1, 0.15) is 5.01 Å². The van der Waals surface area contributed by atoms with Crippen molar-refractivity contribution in [2.45, 2.75) is 13.5 Å². The summed E-state index contributed by atoms with van der Waals surface area (Å²) in [5.74, 6) is 1.49. The highest BCUT2D eigenvalue weighted by molar-refractivity contribution is 7.09. The number of hydrogen-bond acceptors (Lipinski definition) is 5. The van der Waals surface area contributed by atoms with Crippen molar-refractivity contribution in [3.8, 4) is 5.75 Å². The zero-order chi connectivity index (χ0) is 11.4. The molecule has 16 heavy (non-hydrogen) atoms. The van der Waals surface area contributed by atoms with Gasteiger partial charge in [-0.2, -0.15) is 0 Å². The molecule has 2 aromatic heterocycles. The smallest absolute Gasteiger partial charge is 0.169 e. The van der Waals surface area contributed by atoms with Gasteiger partial charge in [-0.25, -0.2) is 9.97 Å². The van der Waals surface area contributed by atoms with Gasteiger partial charge in [-0.15, -0.1) is 11.3 Å². The van der Waals surface area contributed by atoms with Gasteiger partial charge in [-0.1, -0.05) is 0 Å². The van der Waals surface area contributed by atoms with Gasteiger partial charge in [0.2, 0.25) is 0 Å². The van der Waals surface area contributed by atoms with E-state index in [1.54, 1.807) is 24.6 Å². The molecular formula is C11H13N3OS. The molecule has 5 heteroatoms. The van der Waals surface area contributed by atoms with Crippen molar-refractivity contribution in [1.82, 2.24) is 9.97 Å². The van der Waals surface area contributed by atoms with E-state index in [0.29, 0.717) is 6.54 Å². The minimum Gasteiger partial charge on any atom is -0.493 e. The number of pyridine rings is 1. The first-order chi connectivity index (χ1) is 7.79. The molecule has 2 rings (SSSR count). The maximum absolute atomic E-state index is 5.20. The van der Waals surface area contributed by atoms with Crippen LogP contribution >= 0.6 is 11.3 Å². The minimum absolute atomic E-state index is 0.673. The summed E-state index contributed by atoms with van der Waals surface area (Å²) in [6.07, 6.45) is 1.73. The number of hydrogen-bond donors (Lipinski definition) is 1. The van der Waals surface area contributed by atoms with Crippen LogP contribution in [0.15, 0.2) is 23.7 Å². The number of anilines is 1. The largest absolute Gasteiger partial charge is 0.493 e. The Morgan fingerprint density at radius 1 is 1.50 bits per heavy atom. The average molecular weight is 235 g/mol. The molecule has 2 aromatic rings. The SMILES string of the molecule is COc1cccnc1NCc1nc(C)cs1. The zero-order valence-corrected chi connectivity index (χ0v) is 10.0. The van der Waals surface area contributed by atoms with E-state index < -0.39 is 0 Å². The molecule has 0 fully saturated rings. The van der Waals surface area contributed by atoms with Gasteiger partial charge in [0.05, 0.1) is 13.7 Å². The lowest BCUT2D eigenvalue weighted by atomic mass is 10.4. The average Bonchev–Trinajstić information content (AvgIpc) is 2.73. The first-order valence-electron chi connectivity index (χ1n) is 4.93. The molecule has 0 unspecified atom stereocenters. The van der Waals surface area contributed by atoms with E-state index in [1.165, 1.54) is 0 Å². The number of nitrogens with one attached hydrogen (secondary N) is 1. The van der Waals surface area contributed by atoms with Crippen molar-refractivity contribution in [2.75, 3.05) is 12.4 Å². The molecule has 84 valence electrons. The fourth-order valence-electron chi connectivity index (χ4n) is 1.33. The number of methoxy groups -OCH3 is 1. The van der Waals surface area contributed by atoms with Crippen molar-refractivity contribution < 1.29 is 4.74 Å². The van der Waals surface area contributed by atoms with Crippen LogP contribution in [0.25, 0.3) is 0 Å². The second-order valence-electron chi connectivity index (χ2n) is 3.29. The third kappa shape index (κ3) is 2.49. The van der Waals surface area contributed by atoms with Crippen LogP contribution in [0, 0.1) is 6.92 Å². The van der Waals surface area contributed by atoms with Crippen molar-refractivity contribution in [3.63, 3.8) is 0 Å². The topological polar surface area (TPSA) is 47.0 Å². The summed E-state index contributed by atoms with van der Waals surface area (Å²) in [6.45, 7) is 2.66. The lowest BCUT2D eigenvalue weighted by Crippen LogP contribution is -2.02. The third-order valence-electron chi connectivity index (χ3n) is 2.06. The van der Waals surface area contributed by atoms with E-state index in [1.807, 2.05) is 24.4 Å². The normalized spacial score (nSPS) is 10.1. The van der Waals surface area contributed by atoms with E-state index in [-0.39, 0.29) is 0 Å². The van der Waals surface area contributed by atoms with Crippen molar-refractivity contribution in [3.05, 3.63) is 34.4 Å². The summed E-state index contributed by atoms with van der Waals surface area (Å²) in [5.41, 5.74) is 1.05. The number of nitrogens with zero attached hydrogens (tertiary/aromatic N) is 2. The van der Waals surface area contributed by atoms with Crippen LogP contribution in [-0.4, -0.2) is 17.1 Å². The van der Waals surface area contributed by atoms with Gasteiger partial charge in [-0.3, -0.25) is 0 Å². The molecule has 0 bridgehead atoms. The number of rotatable bonds is 4. The van der Waals surface area contributed by atoms with Gasteiger partial charge in [-0.05, 0) is 19.1 Å². The van der Waals surface area contributed by atoms with Gasteiger partial charge >= 0.3 is 0 Å². The van der Waals surface area contributed by atoms with Crippen LogP contribution in [0.4, 0.5) is 5.82 Å². The second-order valence-corrected chi connectivity index (χ2v) is 4.23. The van der Waals surface area contributed by atoms with E-state index in [0.717, 1.165) is 22.3 Å². The molecule has 4 nitrogen and oxygen atoms in total. The minimum atomic E-state index is 0.673. The Balaban J connectivity index is 2.04. The van der Waals surface area contributed by atoms with Gasteiger partial charge < -0.3 is 10.1 Å². The summed E-state index contributed by atoms with van der Waals surface area (Å²) >= 11 is 1.64. The predicted octanol–water partition coefficient (Wildman–Crippen LogP) is 2.47. The van der Waals surface area contributed by atoms with Crippen molar-refractivity contribution >= 4 is 17.2 Å². The van der Waals surface area contributed by atoms with Crippen LogP contribution in [-0.2, 0) is 6.54 Å². The molecule has 1 N–H and O–H groups in total. The molecule has 0 spiro atoms. The molecule has 0 amide bonds. The van der Waals surface area contributed by atoms with Gasteiger partial charge in [0.25, 0.3) is 0 Å². The Labute approximate surface area is 98.3 Å². The quantitative estimate of drug-likeness (QED) is 0.884. The Kier molecular flexibility index (Phi) is 3.36. The first kappa shape index (κ1) is 10.9. The summed E-state index contributed by atoms with van der Waals surface area (Å²) in [4.78, 5) is 8.58. The molecule has 0 saturated carbocycles. The van der Waals surface area contributed by atoms with Crippen molar-refractivity contribution in [1.29, 1.82) is 0 Å². The van der Waals surface area contributed by atoms with Crippen LogP contribution in [0.3, 0.4) is 0 Å². The van der Waals surface area contributed by atoms with Crippen LogP contribution in [0.2, 0.25) is 0 Å². The van der Waals surface area contributed by atoms with Crippen LogP contribution < -0.4 is 10.1 Å². The van der Waals surface area contributed by atoms with E-state index in [9.17, 15) is 0 Å². The van der Waals surface area contributed by atoms with Crippen LogP contribution in [0.5, 0.6) is 5.75 Å². The first-order valence-corrected chi connectivity index (χ1v) is 5.81. The number of aromatic nitrogens is 2.